The van der Waals surface area contributed by atoms with Gasteiger partial charge in [0.1, 0.15) is 5.69 Å². The minimum absolute atomic E-state index is 0.0327. The minimum Gasteiger partial charge on any atom is -0.350 e. The smallest absolute Gasteiger partial charge is 0.267 e. The quantitative estimate of drug-likeness (QED) is 0.852. The van der Waals surface area contributed by atoms with E-state index in [-0.39, 0.29) is 11.3 Å². The highest BCUT2D eigenvalue weighted by molar-refractivity contribution is 5.92. The molecule has 1 aromatic heterocycles. The number of aryl methyl sites for hydroxylation is 1. The van der Waals surface area contributed by atoms with Crippen molar-refractivity contribution in [3.05, 3.63) is 23.5 Å². The summed E-state index contributed by atoms with van der Waals surface area (Å²) in [5.74, 6) is 0.0327. The van der Waals surface area contributed by atoms with Gasteiger partial charge in [0, 0.05) is 19.3 Å². The number of carbonyl (C=O) groups is 1. The fourth-order valence-corrected chi connectivity index (χ4v) is 2.43. The van der Waals surface area contributed by atoms with E-state index >= 15 is 0 Å². The SMILES string of the molecule is Cc1ccc(C(=O)NCC2(C)CCNCC2)n1C. The lowest BCUT2D eigenvalue weighted by atomic mass is 9.81. The van der Waals surface area contributed by atoms with Crippen LogP contribution in [0.4, 0.5) is 0 Å². The van der Waals surface area contributed by atoms with Gasteiger partial charge in [0.2, 0.25) is 0 Å². The number of piperidine rings is 1. The number of amides is 1. The van der Waals surface area contributed by atoms with E-state index < -0.39 is 0 Å². The van der Waals surface area contributed by atoms with E-state index in [0.29, 0.717) is 0 Å². The van der Waals surface area contributed by atoms with E-state index in [9.17, 15) is 4.79 Å². The third kappa shape index (κ3) is 2.75. The van der Waals surface area contributed by atoms with Crippen molar-refractivity contribution < 1.29 is 4.79 Å². The highest BCUT2D eigenvalue weighted by atomic mass is 16.1. The second-order valence-electron chi connectivity index (χ2n) is 5.66. The molecule has 4 heteroatoms. The maximum atomic E-state index is 12.1. The maximum absolute atomic E-state index is 12.1. The molecule has 0 bridgehead atoms. The Morgan fingerprint density at radius 1 is 1.44 bits per heavy atom. The van der Waals surface area contributed by atoms with Crippen molar-refractivity contribution >= 4 is 5.91 Å². The summed E-state index contributed by atoms with van der Waals surface area (Å²) < 4.78 is 1.93. The van der Waals surface area contributed by atoms with E-state index in [0.717, 1.165) is 43.9 Å². The van der Waals surface area contributed by atoms with E-state index in [2.05, 4.69) is 17.6 Å². The Morgan fingerprint density at radius 2 is 2.11 bits per heavy atom. The number of rotatable bonds is 3. The Labute approximate surface area is 109 Å². The summed E-state index contributed by atoms with van der Waals surface area (Å²) in [7, 11) is 1.93. The Hall–Kier alpha value is -1.29. The van der Waals surface area contributed by atoms with Gasteiger partial charge in [-0.05, 0) is 50.4 Å². The molecule has 0 atom stereocenters. The highest BCUT2D eigenvalue weighted by Crippen LogP contribution is 2.26. The van der Waals surface area contributed by atoms with Crippen LogP contribution in [0.5, 0.6) is 0 Å². The third-order valence-electron chi connectivity index (χ3n) is 4.09. The van der Waals surface area contributed by atoms with Crippen LogP contribution in [0.25, 0.3) is 0 Å². The van der Waals surface area contributed by atoms with Gasteiger partial charge < -0.3 is 15.2 Å². The molecule has 0 unspecified atom stereocenters. The molecule has 1 fully saturated rings. The van der Waals surface area contributed by atoms with Crippen LogP contribution in [0.15, 0.2) is 12.1 Å². The summed E-state index contributed by atoms with van der Waals surface area (Å²) in [6.07, 6.45) is 2.25. The molecule has 2 rings (SSSR count). The number of hydrogen-bond acceptors (Lipinski definition) is 2. The average Bonchev–Trinajstić information content (AvgIpc) is 2.68. The first kappa shape index (κ1) is 13.1. The average molecular weight is 249 g/mol. The largest absolute Gasteiger partial charge is 0.350 e. The molecule has 1 aliphatic heterocycles. The van der Waals surface area contributed by atoms with Crippen molar-refractivity contribution in [3.8, 4) is 0 Å². The standard InChI is InChI=1S/C14H23N3O/c1-11-4-5-12(17(11)3)13(18)16-10-14(2)6-8-15-9-7-14/h4-5,15H,6-10H2,1-3H3,(H,16,18). The molecule has 100 valence electrons. The van der Waals surface area contributed by atoms with Crippen molar-refractivity contribution in [2.24, 2.45) is 12.5 Å². The van der Waals surface area contributed by atoms with Gasteiger partial charge in [0.15, 0.2) is 0 Å². The van der Waals surface area contributed by atoms with Crippen LogP contribution in [0.3, 0.4) is 0 Å². The molecule has 0 spiro atoms. The Morgan fingerprint density at radius 3 is 2.67 bits per heavy atom. The lowest BCUT2D eigenvalue weighted by Gasteiger charge is -2.34. The summed E-state index contributed by atoms with van der Waals surface area (Å²) in [4.78, 5) is 12.1. The topological polar surface area (TPSA) is 46.1 Å². The second-order valence-corrected chi connectivity index (χ2v) is 5.66. The molecule has 1 aromatic rings. The summed E-state index contributed by atoms with van der Waals surface area (Å²) in [5, 5.41) is 6.43. The van der Waals surface area contributed by atoms with Crippen LogP contribution in [-0.4, -0.2) is 30.1 Å². The number of nitrogens with one attached hydrogen (secondary N) is 2. The first-order valence-electron chi connectivity index (χ1n) is 6.63. The Balaban J connectivity index is 1.94. The zero-order valence-electron chi connectivity index (χ0n) is 11.5. The van der Waals surface area contributed by atoms with E-state index in [4.69, 9.17) is 0 Å². The van der Waals surface area contributed by atoms with Crippen molar-refractivity contribution in [1.82, 2.24) is 15.2 Å². The molecule has 1 amide bonds. The molecule has 18 heavy (non-hydrogen) atoms. The maximum Gasteiger partial charge on any atom is 0.267 e. The summed E-state index contributed by atoms with van der Waals surface area (Å²) in [6.45, 7) is 7.12. The predicted octanol–water partition coefficient (Wildman–Crippen LogP) is 1.45. The molecule has 4 nitrogen and oxygen atoms in total. The van der Waals surface area contributed by atoms with Gasteiger partial charge in [-0.1, -0.05) is 6.92 Å². The van der Waals surface area contributed by atoms with Crippen LogP contribution >= 0.6 is 0 Å². The molecule has 1 aliphatic rings. The van der Waals surface area contributed by atoms with E-state index in [1.54, 1.807) is 0 Å². The monoisotopic (exact) mass is 249 g/mol. The predicted molar refractivity (Wildman–Crippen MR) is 72.7 cm³/mol. The van der Waals surface area contributed by atoms with E-state index in [1.165, 1.54) is 0 Å². The first-order valence-corrected chi connectivity index (χ1v) is 6.63. The third-order valence-corrected chi connectivity index (χ3v) is 4.09. The van der Waals surface area contributed by atoms with Crippen LogP contribution in [0.2, 0.25) is 0 Å². The van der Waals surface area contributed by atoms with Crippen LogP contribution < -0.4 is 10.6 Å². The van der Waals surface area contributed by atoms with Crippen LogP contribution in [0.1, 0.15) is 35.9 Å². The number of carbonyl (C=O) groups excluding carboxylic acids is 1. The molecule has 1 saturated heterocycles. The van der Waals surface area contributed by atoms with Gasteiger partial charge in [-0.25, -0.2) is 0 Å². The number of hydrogen-bond donors (Lipinski definition) is 2. The van der Waals surface area contributed by atoms with Crippen molar-refractivity contribution in [3.63, 3.8) is 0 Å². The summed E-state index contributed by atoms with van der Waals surface area (Å²) in [5.41, 5.74) is 2.08. The first-order chi connectivity index (χ1) is 8.52. The zero-order chi connectivity index (χ0) is 13.2. The summed E-state index contributed by atoms with van der Waals surface area (Å²) in [6, 6.07) is 3.86. The van der Waals surface area contributed by atoms with Gasteiger partial charge in [-0.15, -0.1) is 0 Å². The highest BCUT2D eigenvalue weighted by Gasteiger charge is 2.27. The normalized spacial score (nSPS) is 18.6. The molecule has 0 aromatic carbocycles. The van der Waals surface area contributed by atoms with Gasteiger partial charge >= 0.3 is 0 Å². The number of nitrogens with zero attached hydrogens (tertiary/aromatic N) is 1. The number of aromatic nitrogens is 1. The second kappa shape index (κ2) is 5.14. The lowest BCUT2D eigenvalue weighted by molar-refractivity contribution is 0.0914. The Bertz CT molecular complexity index is 430. The molecular formula is C14H23N3O. The molecule has 2 N–H and O–H groups in total. The minimum atomic E-state index is 0.0327. The van der Waals surface area contributed by atoms with Gasteiger partial charge in [0.25, 0.3) is 5.91 Å². The van der Waals surface area contributed by atoms with Gasteiger partial charge in [-0.3, -0.25) is 4.79 Å². The summed E-state index contributed by atoms with van der Waals surface area (Å²) >= 11 is 0. The van der Waals surface area contributed by atoms with Crippen LogP contribution in [-0.2, 0) is 7.05 Å². The Kier molecular flexibility index (Phi) is 3.76. The van der Waals surface area contributed by atoms with Crippen molar-refractivity contribution in [2.45, 2.75) is 26.7 Å². The zero-order valence-corrected chi connectivity index (χ0v) is 11.5. The molecular weight excluding hydrogens is 226 g/mol. The molecule has 0 saturated carbocycles. The lowest BCUT2D eigenvalue weighted by Crippen LogP contribution is -2.43. The van der Waals surface area contributed by atoms with Gasteiger partial charge in [0.05, 0.1) is 0 Å². The molecule has 0 aliphatic carbocycles. The van der Waals surface area contributed by atoms with Crippen molar-refractivity contribution in [2.75, 3.05) is 19.6 Å². The van der Waals surface area contributed by atoms with Crippen LogP contribution in [0, 0.1) is 12.3 Å². The fraction of sp³-hybridized carbons (Fsp3) is 0.643. The van der Waals surface area contributed by atoms with Gasteiger partial charge in [-0.2, -0.15) is 0 Å². The molecule has 0 radical (unpaired) electrons. The van der Waals surface area contributed by atoms with Crippen molar-refractivity contribution in [1.29, 1.82) is 0 Å². The fourth-order valence-electron chi connectivity index (χ4n) is 2.43. The molecule has 2 heterocycles. The van der Waals surface area contributed by atoms with E-state index in [1.807, 2.05) is 30.7 Å².